The van der Waals surface area contributed by atoms with Gasteiger partial charge < -0.3 is 5.32 Å². The van der Waals surface area contributed by atoms with Gasteiger partial charge in [-0.1, -0.05) is 34.1 Å². The molecule has 0 fully saturated rings. The summed E-state index contributed by atoms with van der Waals surface area (Å²) in [4.78, 5) is 12.2. The third-order valence-corrected chi connectivity index (χ3v) is 4.31. The van der Waals surface area contributed by atoms with Gasteiger partial charge >= 0.3 is 0 Å². The summed E-state index contributed by atoms with van der Waals surface area (Å²) < 4.78 is 2.09. The summed E-state index contributed by atoms with van der Waals surface area (Å²) in [6.45, 7) is 0. The topological polar surface area (TPSA) is 29.1 Å². The van der Waals surface area contributed by atoms with Crippen LogP contribution in [0.4, 0.5) is 5.69 Å². The predicted octanol–water partition coefficient (Wildman–Crippen LogP) is 5.46. The lowest BCUT2D eigenvalue weighted by atomic mass is 10.1. The van der Waals surface area contributed by atoms with Gasteiger partial charge in [-0.2, -0.15) is 0 Å². The molecule has 0 spiro atoms. The number of hydrogen-bond acceptors (Lipinski definition) is 1. The lowest BCUT2D eigenvalue weighted by molar-refractivity contribution is 0.102. The Bertz CT molecular complexity index is 832. The summed E-state index contributed by atoms with van der Waals surface area (Å²) in [5.41, 5.74) is 1.46. The minimum Gasteiger partial charge on any atom is -0.322 e. The summed E-state index contributed by atoms with van der Waals surface area (Å²) in [6.07, 6.45) is 0. The lowest BCUT2D eigenvalue weighted by Crippen LogP contribution is -2.11. The van der Waals surface area contributed by atoms with E-state index in [9.17, 15) is 4.79 Å². The average molecular weight is 452 g/mol. The smallest absolute Gasteiger partial charge is 0.255 e. The van der Waals surface area contributed by atoms with Crippen molar-refractivity contribution < 1.29 is 4.79 Å². The number of rotatable bonds is 2. The molecular formula is C17H11BrINO. The third kappa shape index (κ3) is 3.44. The number of benzene rings is 3. The molecule has 0 radical (unpaired) electrons. The van der Waals surface area contributed by atoms with E-state index < -0.39 is 0 Å². The maximum atomic E-state index is 12.2. The van der Waals surface area contributed by atoms with Crippen molar-refractivity contribution in [2.24, 2.45) is 0 Å². The molecule has 0 aliphatic heterocycles. The van der Waals surface area contributed by atoms with Gasteiger partial charge in [0, 0.05) is 19.3 Å². The van der Waals surface area contributed by atoms with E-state index in [0.717, 1.165) is 24.5 Å². The Hall–Kier alpha value is -1.40. The second kappa shape index (κ2) is 6.15. The van der Waals surface area contributed by atoms with Crippen molar-refractivity contribution in [2.45, 2.75) is 0 Å². The van der Waals surface area contributed by atoms with Gasteiger partial charge in [0.15, 0.2) is 0 Å². The zero-order valence-corrected chi connectivity index (χ0v) is 14.7. The monoisotopic (exact) mass is 451 g/mol. The second-order valence-electron chi connectivity index (χ2n) is 4.67. The van der Waals surface area contributed by atoms with Gasteiger partial charge in [0.2, 0.25) is 0 Å². The number of fused-ring (bicyclic) bond motifs is 1. The van der Waals surface area contributed by atoms with E-state index in [2.05, 4.69) is 49.9 Å². The average Bonchev–Trinajstić information content (AvgIpc) is 2.47. The van der Waals surface area contributed by atoms with Crippen LogP contribution in [0.3, 0.4) is 0 Å². The molecule has 1 amide bonds. The molecule has 0 saturated carbocycles. The molecule has 0 aliphatic carbocycles. The second-order valence-corrected chi connectivity index (χ2v) is 6.83. The highest BCUT2D eigenvalue weighted by molar-refractivity contribution is 14.1. The predicted molar refractivity (Wildman–Crippen MR) is 98.8 cm³/mol. The molecule has 2 nitrogen and oxygen atoms in total. The van der Waals surface area contributed by atoms with Gasteiger partial charge in [-0.15, -0.1) is 0 Å². The molecule has 0 bridgehead atoms. The first-order chi connectivity index (χ1) is 10.1. The Labute approximate surface area is 144 Å². The third-order valence-electron chi connectivity index (χ3n) is 3.15. The van der Waals surface area contributed by atoms with E-state index >= 15 is 0 Å². The van der Waals surface area contributed by atoms with Crippen LogP contribution in [0.5, 0.6) is 0 Å². The van der Waals surface area contributed by atoms with Crippen LogP contribution in [-0.4, -0.2) is 5.91 Å². The van der Waals surface area contributed by atoms with E-state index in [1.807, 2.05) is 54.6 Å². The van der Waals surface area contributed by atoms with Gasteiger partial charge in [0.25, 0.3) is 5.91 Å². The summed E-state index contributed by atoms with van der Waals surface area (Å²) in [5, 5.41) is 5.17. The maximum Gasteiger partial charge on any atom is 0.255 e. The number of carbonyl (C=O) groups excluding carboxylic acids is 1. The zero-order chi connectivity index (χ0) is 14.8. The lowest BCUT2D eigenvalue weighted by Gasteiger charge is -2.07. The van der Waals surface area contributed by atoms with E-state index in [-0.39, 0.29) is 5.91 Å². The van der Waals surface area contributed by atoms with Crippen LogP contribution in [0, 0.1) is 3.57 Å². The number of anilines is 1. The fraction of sp³-hybridized carbons (Fsp3) is 0. The largest absolute Gasteiger partial charge is 0.322 e. The minimum atomic E-state index is -0.0926. The van der Waals surface area contributed by atoms with Crippen LogP contribution in [0.2, 0.25) is 0 Å². The summed E-state index contributed by atoms with van der Waals surface area (Å²) in [6, 6.07) is 19.5. The van der Waals surface area contributed by atoms with Gasteiger partial charge in [-0.3, -0.25) is 4.79 Å². The Kier molecular flexibility index (Phi) is 4.26. The normalized spacial score (nSPS) is 10.6. The van der Waals surface area contributed by atoms with Crippen molar-refractivity contribution in [1.29, 1.82) is 0 Å². The highest BCUT2D eigenvalue weighted by Gasteiger charge is 2.06. The van der Waals surface area contributed by atoms with Crippen LogP contribution < -0.4 is 5.32 Å². The van der Waals surface area contributed by atoms with Crippen molar-refractivity contribution in [3.63, 3.8) is 0 Å². The quantitative estimate of drug-likeness (QED) is 0.515. The first-order valence-corrected chi connectivity index (χ1v) is 8.25. The van der Waals surface area contributed by atoms with Crippen molar-refractivity contribution in [1.82, 2.24) is 0 Å². The maximum absolute atomic E-state index is 12.2. The molecule has 0 unspecified atom stereocenters. The first kappa shape index (κ1) is 14.5. The van der Waals surface area contributed by atoms with Crippen molar-refractivity contribution >= 4 is 60.9 Å². The molecule has 0 heterocycles. The highest BCUT2D eigenvalue weighted by atomic mass is 127. The molecule has 4 heteroatoms. The van der Waals surface area contributed by atoms with Crippen LogP contribution in [0.1, 0.15) is 10.4 Å². The SMILES string of the molecule is O=C(Nc1ccc2cc(Br)ccc2c1)c1cccc(I)c1. The molecule has 0 atom stereocenters. The molecule has 104 valence electrons. The molecule has 3 rings (SSSR count). The van der Waals surface area contributed by atoms with Crippen molar-refractivity contribution in [3.8, 4) is 0 Å². The van der Waals surface area contributed by atoms with E-state index in [0.29, 0.717) is 5.56 Å². The van der Waals surface area contributed by atoms with Crippen molar-refractivity contribution in [2.75, 3.05) is 5.32 Å². The number of halogens is 2. The fourth-order valence-electron chi connectivity index (χ4n) is 2.13. The van der Waals surface area contributed by atoms with Crippen LogP contribution >= 0.6 is 38.5 Å². The molecule has 3 aromatic carbocycles. The van der Waals surface area contributed by atoms with Gasteiger partial charge in [-0.05, 0) is 75.8 Å². The molecule has 0 aromatic heterocycles. The van der Waals surface area contributed by atoms with E-state index in [1.54, 1.807) is 0 Å². The van der Waals surface area contributed by atoms with Gasteiger partial charge in [0.1, 0.15) is 0 Å². The molecule has 21 heavy (non-hydrogen) atoms. The van der Waals surface area contributed by atoms with Crippen LogP contribution in [-0.2, 0) is 0 Å². The molecule has 3 aromatic rings. The van der Waals surface area contributed by atoms with E-state index in [1.165, 1.54) is 0 Å². The molecule has 0 saturated heterocycles. The number of hydrogen-bond donors (Lipinski definition) is 1. The van der Waals surface area contributed by atoms with Crippen LogP contribution in [0.25, 0.3) is 10.8 Å². The standard InChI is InChI=1S/C17H11BrINO/c18-14-6-4-12-10-16(7-5-11(12)8-14)20-17(21)13-2-1-3-15(19)9-13/h1-10H,(H,20,21). The minimum absolute atomic E-state index is 0.0926. The zero-order valence-electron chi connectivity index (χ0n) is 10.9. The Balaban J connectivity index is 1.87. The first-order valence-electron chi connectivity index (χ1n) is 6.38. The summed E-state index contributed by atoms with van der Waals surface area (Å²) in [5.74, 6) is -0.0926. The van der Waals surface area contributed by atoms with E-state index in [4.69, 9.17) is 0 Å². The molecule has 1 N–H and O–H groups in total. The molecular weight excluding hydrogens is 441 g/mol. The Morgan fingerprint density at radius 1 is 0.952 bits per heavy atom. The van der Waals surface area contributed by atoms with Gasteiger partial charge in [0.05, 0.1) is 0 Å². The van der Waals surface area contributed by atoms with Crippen LogP contribution in [0.15, 0.2) is 65.1 Å². The number of nitrogens with one attached hydrogen (secondary N) is 1. The highest BCUT2D eigenvalue weighted by Crippen LogP contribution is 2.23. The number of amides is 1. The molecule has 0 aliphatic rings. The Morgan fingerprint density at radius 2 is 1.71 bits per heavy atom. The summed E-state index contributed by atoms with van der Waals surface area (Å²) in [7, 11) is 0. The van der Waals surface area contributed by atoms with Crippen molar-refractivity contribution in [3.05, 3.63) is 74.3 Å². The number of carbonyl (C=O) groups is 1. The van der Waals surface area contributed by atoms with Gasteiger partial charge in [-0.25, -0.2) is 0 Å². The summed E-state index contributed by atoms with van der Waals surface area (Å²) >= 11 is 5.66. The Morgan fingerprint density at radius 3 is 2.52 bits per heavy atom. The fourth-order valence-corrected chi connectivity index (χ4v) is 3.05.